The summed E-state index contributed by atoms with van der Waals surface area (Å²) in [6.07, 6.45) is 5.29. The molecule has 0 saturated heterocycles. The van der Waals surface area contributed by atoms with Crippen LogP contribution in [0.5, 0.6) is 0 Å². The van der Waals surface area contributed by atoms with Gasteiger partial charge in [-0.05, 0) is 19.3 Å². The van der Waals surface area contributed by atoms with Crippen LogP contribution in [0.4, 0.5) is 4.79 Å². The van der Waals surface area contributed by atoms with Gasteiger partial charge in [0.05, 0.1) is 12.1 Å². The molecule has 0 spiro atoms. The molecule has 1 aromatic rings. The quantitative estimate of drug-likeness (QED) is 0.696. The van der Waals surface area contributed by atoms with Crippen molar-refractivity contribution in [2.45, 2.75) is 57.9 Å². The van der Waals surface area contributed by atoms with Crippen LogP contribution in [0.25, 0.3) is 0 Å². The van der Waals surface area contributed by atoms with E-state index < -0.39 is 11.6 Å². The minimum atomic E-state index is -0.466. The summed E-state index contributed by atoms with van der Waals surface area (Å²) < 4.78 is 5.20. The summed E-state index contributed by atoms with van der Waals surface area (Å²) >= 11 is 0. The van der Waals surface area contributed by atoms with E-state index in [0.717, 1.165) is 32.1 Å². The molecule has 8 heteroatoms. The van der Waals surface area contributed by atoms with Gasteiger partial charge in [0.1, 0.15) is 0 Å². The van der Waals surface area contributed by atoms with Gasteiger partial charge in [0.2, 0.25) is 11.8 Å². The van der Waals surface area contributed by atoms with Crippen LogP contribution >= 0.6 is 0 Å². The maximum Gasteiger partial charge on any atom is 0.321 e. The van der Waals surface area contributed by atoms with E-state index in [1.807, 2.05) is 13.8 Å². The van der Waals surface area contributed by atoms with Crippen LogP contribution in [0.3, 0.4) is 0 Å². The van der Waals surface area contributed by atoms with Gasteiger partial charge in [-0.2, -0.15) is 4.98 Å². The Morgan fingerprint density at radius 1 is 1.26 bits per heavy atom. The van der Waals surface area contributed by atoms with E-state index in [1.165, 1.54) is 0 Å². The first-order chi connectivity index (χ1) is 11.1. The normalized spacial score (nSPS) is 16.3. The van der Waals surface area contributed by atoms with E-state index in [-0.39, 0.29) is 12.5 Å². The van der Waals surface area contributed by atoms with Gasteiger partial charge in [0.25, 0.3) is 0 Å². The van der Waals surface area contributed by atoms with Crippen LogP contribution in [0.15, 0.2) is 4.52 Å². The standard InChI is InChI=1S/C15H25N5O3/c1-3-9-16-14(22)18-11(21)10-17-15(7-5-6-8-15)13-19-12(4-2)23-20-13/h17H,3-10H2,1-2H3,(H2,16,18,21,22). The van der Waals surface area contributed by atoms with Gasteiger partial charge in [-0.25, -0.2) is 4.79 Å². The molecule has 23 heavy (non-hydrogen) atoms. The molecule has 1 fully saturated rings. The summed E-state index contributed by atoms with van der Waals surface area (Å²) in [5, 5.41) is 12.2. The lowest BCUT2D eigenvalue weighted by atomic mass is 9.96. The van der Waals surface area contributed by atoms with E-state index in [0.29, 0.717) is 24.7 Å². The van der Waals surface area contributed by atoms with Crippen LogP contribution in [-0.2, 0) is 16.8 Å². The van der Waals surface area contributed by atoms with Crippen molar-refractivity contribution in [2.75, 3.05) is 13.1 Å². The number of aromatic nitrogens is 2. The molecule has 0 radical (unpaired) electrons. The smallest absolute Gasteiger partial charge is 0.321 e. The first kappa shape index (κ1) is 17.4. The maximum absolute atomic E-state index is 11.9. The minimum Gasteiger partial charge on any atom is -0.339 e. The maximum atomic E-state index is 11.9. The Labute approximate surface area is 135 Å². The molecule has 3 N–H and O–H groups in total. The number of hydrogen-bond acceptors (Lipinski definition) is 6. The zero-order valence-electron chi connectivity index (χ0n) is 13.8. The third-order valence-electron chi connectivity index (χ3n) is 4.03. The lowest BCUT2D eigenvalue weighted by Gasteiger charge is -2.26. The van der Waals surface area contributed by atoms with Crippen LogP contribution in [0, 0.1) is 0 Å². The average molecular weight is 323 g/mol. The van der Waals surface area contributed by atoms with Crippen LogP contribution in [0.1, 0.15) is 57.7 Å². The Balaban J connectivity index is 1.92. The fourth-order valence-corrected chi connectivity index (χ4v) is 2.75. The molecule has 0 bridgehead atoms. The monoisotopic (exact) mass is 323 g/mol. The molecule has 1 aliphatic carbocycles. The van der Waals surface area contributed by atoms with E-state index in [2.05, 4.69) is 26.1 Å². The molecule has 0 aliphatic heterocycles. The molecule has 8 nitrogen and oxygen atoms in total. The Morgan fingerprint density at radius 2 is 2.00 bits per heavy atom. The molecule has 1 saturated carbocycles. The van der Waals surface area contributed by atoms with E-state index >= 15 is 0 Å². The molecule has 0 atom stereocenters. The highest BCUT2D eigenvalue weighted by molar-refractivity contribution is 5.95. The van der Waals surface area contributed by atoms with E-state index in [1.54, 1.807) is 0 Å². The number of rotatable bonds is 7. The number of carbonyl (C=O) groups excluding carboxylic acids is 2. The summed E-state index contributed by atoms with van der Waals surface area (Å²) in [6.45, 7) is 4.48. The molecule has 128 valence electrons. The number of imide groups is 1. The number of amides is 3. The van der Waals surface area contributed by atoms with Crippen molar-refractivity contribution in [2.24, 2.45) is 0 Å². The SMILES string of the molecule is CCCNC(=O)NC(=O)CNC1(c2noc(CC)n2)CCCC1. The molecule has 2 rings (SSSR count). The predicted octanol–water partition coefficient (Wildman–Crippen LogP) is 1.23. The van der Waals surface area contributed by atoms with Crippen molar-refractivity contribution in [1.82, 2.24) is 26.1 Å². The average Bonchev–Trinajstić information content (AvgIpc) is 3.20. The number of aryl methyl sites for hydroxylation is 1. The summed E-state index contributed by atoms with van der Waals surface area (Å²) in [6, 6.07) is -0.466. The number of carbonyl (C=O) groups is 2. The second-order valence-electron chi connectivity index (χ2n) is 5.81. The van der Waals surface area contributed by atoms with Crippen molar-refractivity contribution in [3.8, 4) is 0 Å². The molecule has 0 aromatic carbocycles. The zero-order chi connectivity index (χ0) is 16.7. The van der Waals surface area contributed by atoms with Crippen LogP contribution < -0.4 is 16.0 Å². The largest absolute Gasteiger partial charge is 0.339 e. The molecule has 1 heterocycles. The lowest BCUT2D eigenvalue weighted by molar-refractivity contribution is -0.119. The first-order valence-corrected chi connectivity index (χ1v) is 8.25. The number of urea groups is 1. The van der Waals surface area contributed by atoms with Crippen LogP contribution in [0.2, 0.25) is 0 Å². The van der Waals surface area contributed by atoms with Gasteiger partial charge < -0.3 is 9.84 Å². The van der Waals surface area contributed by atoms with Crippen molar-refractivity contribution >= 4 is 11.9 Å². The second kappa shape index (κ2) is 8.05. The second-order valence-corrected chi connectivity index (χ2v) is 5.81. The van der Waals surface area contributed by atoms with Gasteiger partial charge in [0.15, 0.2) is 5.82 Å². The number of nitrogens with zero attached hydrogens (tertiary/aromatic N) is 2. The predicted molar refractivity (Wildman–Crippen MR) is 83.7 cm³/mol. The highest BCUT2D eigenvalue weighted by Crippen LogP contribution is 2.37. The Bertz CT molecular complexity index is 537. The van der Waals surface area contributed by atoms with Gasteiger partial charge >= 0.3 is 6.03 Å². The summed E-state index contributed by atoms with van der Waals surface area (Å²) in [7, 11) is 0. The van der Waals surface area contributed by atoms with Crippen molar-refractivity contribution in [3.63, 3.8) is 0 Å². The number of hydrogen-bond donors (Lipinski definition) is 3. The van der Waals surface area contributed by atoms with E-state index in [9.17, 15) is 9.59 Å². The van der Waals surface area contributed by atoms with Gasteiger partial charge in [-0.3, -0.25) is 15.4 Å². The fourth-order valence-electron chi connectivity index (χ4n) is 2.75. The summed E-state index contributed by atoms with van der Waals surface area (Å²) in [5.41, 5.74) is -0.436. The van der Waals surface area contributed by atoms with Crippen molar-refractivity contribution in [1.29, 1.82) is 0 Å². The molecule has 3 amide bonds. The highest BCUT2D eigenvalue weighted by atomic mass is 16.5. The fraction of sp³-hybridized carbons (Fsp3) is 0.733. The lowest BCUT2D eigenvalue weighted by Crippen LogP contribution is -2.49. The zero-order valence-corrected chi connectivity index (χ0v) is 13.8. The molecule has 0 unspecified atom stereocenters. The molecule has 1 aliphatic rings. The van der Waals surface area contributed by atoms with Gasteiger partial charge in [0, 0.05) is 13.0 Å². The first-order valence-electron chi connectivity index (χ1n) is 8.25. The third-order valence-corrected chi connectivity index (χ3v) is 4.03. The molecular weight excluding hydrogens is 298 g/mol. The third kappa shape index (κ3) is 4.51. The minimum absolute atomic E-state index is 0.0372. The topological polar surface area (TPSA) is 109 Å². The summed E-state index contributed by atoms with van der Waals surface area (Å²) in [5.74, 6) is 0.829. The van der Waals surface area contributed by atoms with Crippen LogP contribution in [-0.4, -0.2) is 35.2 Å². The Morgan fingerprint density at radius 3 is 2.61 bits per heavy atom. The van der Waals surface area contributed by atoms with Gasteiger partial charge in [-0.15, -0.1) is 0 Å². The Kier molecular flexibility index (Phi) is 6.09. The Hall–Kier alpha value is -1.96. The number of nitrogens with one attached hydrogen (secondary N) is 3. The van der Waals surface area contributed by atoms with E-state index in [4.69, 9.17) is 4.52 Å². The summed E-state index contributed by atoms with van der Waals surface area (Å²) in [4.78, 5) is 27.8. The van der Waals surface area contributed by atoms with Crippen molar-refractivity contribution in [3.05, 3.63) is 11.7 Å². The highest BCUT2D eigenvalue weighted by Gasteiger charge is 2.40. The van der Waals surface area contributed by atoms with Crippen molar-refractivity contribution < 1.29 is 14.1 Å². The van der Waals surface area contributed by atoms with Gasteiger partial charge in [-0.1, -0.05) is 31.8 Å². The molecule has 1 aromatic heterocycles. The molecular formula is C15H25N5O3.